The van der Waals surface area contributed by atoms with E-state index in [1.54, 1.807) is 18.3 Å². The summed E-state index contributed by atoms with van der Waals surface area (Å²) in [6.07, 6.45) is 1.69. The van der Waals surface area contributed by atoms with Gasteiger partial charge in [0.1, 0.15) is 23.1 Å². The summed E-state index contributed by atoms with van der Waals surface area (Å²) in [5, 5.41) is 5.68. The van der Waals surface area contributed by atoms with E-state index in [-0.39, 0.29) is 0 Å². The van der Waals surface area contributed by atoms with Gasteiger partial charge in [-0.1, -0.05) is 23.2 Å². The maximum atomic E-state index is 6.52. The molecule has 6 nitrogen and oxygen atoms in total. The average molecular weight is 393 g/mol. The number of nitrogens with two attached hydrogens (primary N) is 1. The minimum absolute atomic E-state index is 0.357. The second-order valence-electron chi connectivity index (χ2n) is 5.50. The van der Waals surface area contributed by atoms with Crippen molar-refractivity contribution < 1.29 is 9.47 Å². The number of nitrogen functional groups attached to an aromatic ring is 1. The topological polar surface area (TPSA) is 82.3 Å². The van der Waals surface area contributed by atoms with E-state index in [2.05, 4.69) is 10.3 Å². The zero-order chi connectivity index (χ0) is 18.8. The van der Waals surface area contributed by atoms with E-state index >= 15 is 0 Å². The van der Waals surface area contributed by atoms with Crippen molar-refractivity contribution in [2.24, 2.45) is 0 Å². The van der Waals surface area contributed by atoms with Crippen molar-refractivity contribution in [1.82, 2.24) is 9.97 Å². The van der Waals surface area contributed by atoms with Crippen molar-refractivity contribution >= 4 is 45.6 Å². The Hall–Kier alpha value is -2.44. The molecule has 3 aromatic rings. The van der Waals surface area contributed by atoms with Gasteiger partial charge in [-0.15, -0.1) is 0 Å². The van der Waals surface area contributed by atoms with Gasteiger partial charge in [-0.3, -0.25) is 0 Å². The first-order valence-electron chi connectivity index (χ1n) is 7.90. The molecule has 0 atom stereocenters. The van der Waals surface area contributed by atoms with Crippen LogP contribution in [0.15, 0.2) is 24.4 Å². The van der Waals surface area contributed by atoms with Gasteiger partial charge in [0.2, 0.25) is 0 Å². The number of anilines is 2. The number of benzene rings is 1. The summed E-state index contributed by atoms with van der Waals surface area (Å²) in [4.78, 5) is 8.86. The number of nitrogens with zero attached hydrogens (tertiary/aromatic N) is 2. The molecular weight excluding hydrogens is 375 g/mol. The van der Waals surface area contributed by atoms with Crippen LogP contribution < -0.4 is 20.5 Å². The Bertz CT molecular complexity index is 951. The molecule has 0 aliphatic carbocycles. The molecule has 8 heteroatoms. The lowest BCUT2D eigenvalue weighted by Crippen LogP contribution is -2.03. The van der Waals surface area contributed by atoms with Crippen molar-refractivity contribution in [1.29, 1.82) is 0 Å². The zero-order valence-electron chi connectivity index (χ0n) is 14.6. The Balaban J connectivity index is 2.34. The maximum absolute atomic E-state index is 6.52. The number of aromatic nitrogens is 2. The van der Waals surface area contributed by atoms with E-state index in [9.17, 15) is 0 Å². The minimum Gasteiger partial charge on any atom is -0.495 e. The quantitative estimate of drug-likeness (QED) is 0.658. The van der Waals surface area contributed by atoms with Gasteiger partial charge in [-0.25, -0.2) is 9.97 Å². The Morgan fingerprint density at radius 3 is 2.31 bits per heavy atom. The summed E-state index contributed by atoms with van der Waals surface area (Å²) in [6, 6.07) is 5.27. The fourth-order valence-corrected chi connectivity index (χ4v) is 3.40. The molecule has 0 radical (unpaired) electrons. The number of methoxy groups -OCH3 is 2. The maximum Gasteiger partial charge on any atom is 0.141 e. The first kappa shape index (κ1) is 18.4. The largest absolute Gasteiger partial charge is 0.495 e. The molecule has 3 rings (SSSR count). The van der Waals surface area contributed by atoms with E-state index in [4.69, 9.17) is 43.4 Å². The second-order valence-corrected chi connectivity index (χ2v) is 6.26. The van der Waals surface area contributed by atoms with E-state index in [1.807, 2.05) is 13.0 Å². The molecule has 0 fully saturated rings. The molecule has 0 amide bonds. The van der Waals surface area contributed by atoms with Crippen molar-refractivity contribution in [3.05, 3.63) is 34.4 Å². The van der Waals surface area contributed by atoms with Crippen LogP contribution in [0.3, 0.4) is 0 Å². The number of halogens is 2. The van der Waals surface area contributed by atoms with Crippen LogP contribution >= 0.6 is 23.2 Å². The number of rotatable bonds is 5. The standard InChI is InChI=1S/C18H18Cl2N4O2/c1-4-22-18-10-6-14(21)23-8-9(10)5-11(24-18)15-16(19)12(25-2)7-13(26-3)17(15)20/h5-8H,4H2,1-3H3,(H2,21,23)(H,22,24). The van der Waals surface area contributed by atoms with Crippen molar-refractivity contribution in [2.45, 2.75) is 6.92 Å². The SMILES string of the molecule is CCNc1nc(-c2c(Cl)c(OC)cc(OC)c2Cl)cc2cnc(N)cc12. The van der Waals surface area contributed by atoms with E-state index in [1.165, 1.54) is 14.2 Å². The molecule has 0 saturated heterocycles. The third-order valence-electron chi connectivity index (χ3n) is 3.91. The van der Waals surface area contributed by atoms with Gasteiger partial charge in [0, 0.05) is 35.1 Å². The molecule has 1 aromatic carbocycles. The van der Waals surface area contributed by atoms with E-state index < -0.39 is 0 Å². The molecule has 3 N–H and O–H groups in total. The number of hydrogen-bond acceptors (Lipinski definition) is 6. The lowest BCUT2D eigenvalue weighted by molar-refractivity contribution is 0.395. The summed E-state index contributed by atoms with van der Waals surface area (Å²) in [7, 11) is 3.06. The molecule has 0 bridgehead atoms. The summed E-state index contributed by atoms with van der Waals surface area (Å²) >= 11 is 13.0. The number of fused-ring (bicyclic) bond motifs is 1. The van der Waals surface area contributed by atoms with Crippen LogP contribution in [-0.4, -0.2) is 30.7 Å². The zero-order valence-corrected chi connectivity index (χ0v) is 16.1. The Labute approximate surface area is 161 Å². The molecule has 2 heterocycles. The minimum atomic E-state index is 0.357. The number of nitrogens with one attached hydrogen (secondary N) is 1. The Kier molecular flexibility index (Phi) is 5.25. The number of pyridine rings is 2. The molecule has 0 unspecified atom stereocenters. The Morgan fingerprint density at radius 2 is 1.73 bits per heavy atom. The van der Waals surface area contributed by atoms with Crippen LogP contribution in [0, 0.1) is 0 Å². The molecular formula is C18H18Cl2N4O2. The van der Waals surface area contributed by atoms with Crippen LogP contribution in [0.5, 0.6) is 11.5 Å². The summed E-state index contributed by atoms with van der Waals surface area (Å²) in [5.41, 5.74) is 6.93. The highest BCUT2D eigenvalue weighted by atomic mass is 35.5. The molecule has 0 saturated carbocycles. The predicted molar refractivity (Wildman–Crippen MR) is 107 cm³/mol. The van der Waals surface area contributed by atoms with Gasteiger partial charge in [-0.05, 0) is 19.1 Å². The highest BCUT2D eigenvalue weighted by Gasteiger charge is 2.21. The fourth-order valence-electron chi connectivity index (χ4n) is 2.70. The number of ether oxygens (including phenoxy) is 2. The molecule has 0 spiro atoms. The lowest BCUT2D eigenvalue weighted by Gasteiger charge is -2.16. The third kappa shape index (κ3) is 3.18. The second kappa shape index (κ2) is 7.43. The molecule has 0 aliphatic heterocycles. The van der Waals surface area contributed by atoms with Gasteiger partial charge in [0.25, 0.3) is 0 Å². The van der Waals surface area contributed by atoms with Gasteiger partial charge in [0.05, 0.1) is 30.0 Å². The van der Waals surface area contributed by atoms with E-state index in [0.717, 1.165) is 10.8 Å². The van der Waals surface area contributed by atoms with Crippen LogP contribution in [0.4, 0.5) is 11.6 Å². The highest BCUT2D eigenvalue weighted by Crippen LogP contribution is 2.46. The summed E-state index contributed by atoms with van der Waals surface area (Å²) < 4.78 is 10.7. The predicted octanol–water partition coefficient (Wildman–Crippen LogP) is 4.63. The fraction of sp³-hybridized carbons (Fsp3) is 0.222. The van der Waals surface area contributed by atoms with Gasteiger partial charge in [-0.2, -0.15) is 0 Å². The first-order valence-corrected chi connectivity index (χ1v) is 8.66. The monoisotopic (exact) mass is 392 g/mol. The molecule has 2 aromatic heterocycles. The molecule has 136 valence electrons. The average Bonchev–Trinajstić information content (AvgIpc) is 2.63. The Morgan fingerprint density at radius 1 is 1.08 bits per heavy atom. The summed E-state index contributed by atoms with van der Waals surface area (Å²) in [6.45, 7) is 2.68. The van der Waals surface area contributed by atoms with Crippen molar-refractivity contribution in [2.75, 3.05) is 31.8 Å². The number of hydrogen-bond donors (Lipinski definition) is 2. The highest BCUT2D eigenvalue weighted by molar-refractivity contribution is 6.41. The van der Waals surface area contributed by atoms with Gasteiger partial charge >= 0.3 is 0 Å². The van der Waals surface area contributed by atoms with Gasteiger partial charge < -0.3 is 20.5 Å². The van der Waals surface area contributed by atoms with Crippen molar-refractivity contribution in [3.8, 4) is 22.8 Å². The first-order chi connectivity index (χ1) is 12.5. The molecule has 0 aliphatic rings. The van der Waals surface area contributed by atoms with Crippen LogP contribution in [0.25, 0.3) is 22.0 Å². The van der Waals surface area contributed by atoms with Crippen LogP contribution in [0.2, 0.25) is 10.0 Å². The lowest BCUT2D eigenvalue weighted by atomic mass is 10.1. The van der Waals surface area contributed by atoms with Gasteiger partial charge in [0.15, 0.2) is 0 Å². The van der Waals surface area contributed by atoms with Crippen LogP contribution in [0.1, 0.15) is 6.92 Å². The van der Waals surface area contributed by atoms with Crippen molar-refractivity contribution in [3.63, 3.8) is 0 Å². The smallest absolute Gasteiger partial charge is 0.141 e. The molecule has 26 heavy (non-hydrogen) atoms. The summed E-state index contributed by atoms with van der Waals surface area (Å²) in [5.74, 6) is 1.99. The van der Waals surface area contributed by atoms with E-state index in [0.29, 0.717) is 51.0 Å². The van der Waals surface area contributed by atoms with Crippen LogP contribution in [-0.2, 0) is 0 Å². The third-order valence-corrected chi connectivity index (χ3v) is 4.66. The normalized spacial score (nSPS) is 10.8.